The van der Waals surface area contributed by atoms with Crippen molar-refractivity contribution in [3.8, 4) is 0 Å². The largest absolute Gasteiger partial charge is 0.394 e. The molecule has 0 unspecified atom stereocenters. The van der Waals surface area contributed by atoms with Crippen molar-refractivity contribution in [2.45, 2.75) is 287 Å². The van der Waals surface area contributed by atoms with Crippen molar-refractivity contribution in [3.63, 3.8) is 0 Å². The molecule has 61 heavy (non-hydrogen) atoms. The summed E-state index contributed by atoms with van der Waals surface area (Å²) in [5.74, 6) is -0.703. The van der Waals surface area contributed by atoms with Crippen LogP contribution in [0.2, 0.25) is 0 Å². The van der Waals surface area contributed by atoms with Crippen LogP contribution in [-0.4, -0.2) is 110 Å². The predicted octanol–water partition coefficient (Wildman–Crippen LogP) is 9.23. The second kappa shape index (κ2) is 40.4. The SMILES string of the molecule is CCCCCCCCC/C=C\CCC[C@@H](O)[C@@H](O)[C@H](CO[C@@H]1O[C@H](CO)[C@@H](O)[C@H](O)[C@H]1O)NC(=O)[C@H](O)CCCCCCCCCCCCCCCCCCCCCCCC. The van der Waals surface area contributed by atoms with E-state index in [0.717, 1.165) is 38.5 Å². The molecule has 362 valence electrons. The highest BCUT2D eigenvalue weighted by Crippen LogP contribution is 2.23. The van der Waals surface area contributed by atoms with Crippen molar-refractivity contribution in [3.05, 3.63) is 12.2 Å². The van der Waals surface area contributed by atoms with Crippen LogP contribution in [0, 0.1) is 0 Å². The summed E-state index contributed by atoms with van der Waals surface area (Å²) in [6.45, 7) is 3.43. The number of carbonyl (C=O) groups is 1. The molecule has 0 aliphatic carbocycles. The minimum absolute atomic E-state index is 0.259. The van der Waals surface area contributed by atoms with E-state index in [1.807, 2.05) is 0 Å². The van der Waals surface area contributed by atoms with E-state index in [2.05, 4.69) is 31.3 Å². The molecule has 11 heteroatoms. The maximum absolute atomic E-state index is 13.1. The van der Waals surface area contributed by atoms with E-state index in [-0.39, 0.29) is 12.8 Å². The highest BCUT2D eigenvalue weighted by Gasteiger charge is 2.44. The number of hydrogen-bond acceptors (Lipinski definition) is 10. The van der Waals surface area contributed by atoms with Crippen molar-refractivity contribution in [2.75, 3.05) is 13.2 Å². The number of allylic oxidation sites excluding steroid dienone is 2. The van der Waals surface area contributed by atoms with Crippen LogP contribution in [0.3, 0.4) is 0 Å². The number of unbranched alkanes of at least 4 members (excludes halogenated alkanes) is 29. The summed E-state index contributed by atoms with van der Waals surface area (Å²) in [5, 5.41) is 75.7. The quantitative estimate of drug-likeness (QED) is 0.0217. The molecule has 0 spiro atoms. The molecule has 0 aromatic rings. The number of rotatable bonds is 43. The first-order valence-corrected chi connectivity index (χ1v) is 25.6. The van der Waals surface area contributed by atoms with Gasteiger partial charge in [-0.2, -0.15) is 0 Å². The van der Waals surface area contributed by atoms with E-state index >= 15 is 0 Å². The van der Waals surface area contributed by atoms with Gasteiger partial charge >= 0.3 is 0 Å². The molecule has 1 rings (SSSR count). The van der Waals surface area contributed by atoms with Gasteiger partial charge in [0, 0.05) is 0 Å². The number of aliphatic hydroxyl groups excluding tert-OH is 7. The van der Waals surface area contributed by atoms with Gasteiger partial charge in [-0.25, -0.2) is 0 Å². The normalized spacial score (nSPS) is 21.5. The Kier molecular flexibility index (Phi) is 38.3. The molecule has 1 saturated heterocycles. The molecular weight excluding hydrogens is 775 g/mol. The number of hydrogen-bond donors (Lipinski definition) is 8. The molecular formula is C50H97NO10. The first kappa shape index (κ1) is 57.9. The number of aliphatic hydroxyl groups is 7. The van der Waals surface area contributed by atoms with E-state index in [9.17, 15) is 40.5 Å². The Hall–Kier alpha value is -1.15. The topological polar surface area (TPSA) is 189 Å². The van der Waals surface area contributed by atoms with Crippen molar-refractivity contribution in [1.82, 2.24) is 5.32 Å². The zero-order valence-electron chi connectivity index (χ0n) is 39.2. The fourth-order valence-corrected chi connectivity index (χ4v) is 8.32. The molecule has 9 atom stereocenters. The fraction of sp³-hybridized carbons (Fsp3) is 0.940. The molecule has 0 aromatic heterocycles. The lowest BCUT2D eigenvalue weighted by molar-refractivity contribution is -0.303. The van der Waals surface area contributed by atoms with E-state index in [0.29, 0.717) is 12.8 Å². The van der Waals surface area contributed by atoms with Gasteiger partial charge in [-0.1, -0.05) is 206 Å². The third kappa shape index (κ3) is 29.8. The maximum atomic E-state index is 13.1. The van der Waals surface area contributed by atoms with E-state index in [1.165, 1.54) is 154 Å². The van der Waals surface area contributed by atoms with Gasteiger partial charge < -0.3 is 50.5 Å². The van der Waals surface area contributed by atoms with Gasteiger partial charge in [0.2, 0.25) is 5.91 Å². The molecule has 1 amide bonds. The van der Waals surface area contributed by atoms with Crippen LogP contribution in [0.5, 0.6) is 0 Å². The second-order valence-electron chi connectivity index (χ2n) is 18.2. The van der Waals surface area contributed by atoms with Gasteiger partial charge in [0.05, 0.1) is 25.4 Å². The lowest BCUT2D eigenvalue weighted by Crippen LogP contribution is -2.60. The molecule has 1 heterocycles. The number of amides is 1. The molecule has 11 nitrogen and oxygen atoms in total. The van der Waals surface area contributed by atoms with Crippen LogP contribution in [-0.2, 0) is 14.3 Å². The van der Waals surface area contributed by atoms with Crippen LogP contribution in [0.4, 0.5) is 0 Å². The molecule has 1 aliphatic rings. The third-order valence-electron chi connectivity index (χ3n) is 12.6. The van der Waals surface area contributed by atoms with Crippen LogP contribution < -0.4 is 5.32 Å². The second-order valence-corrected chi connectivity index (χ2v) is 18.2. The van der Waals surface area contributed by atoms with Crippen LogP contribution in [0.1, 0.15) is 232 Å². The van der Waals surface area contributed by atoms with E-state index in [1.54, 1.807) is 0 Å². The van der Waals surface area contributed by atoms with E-state index < -0.39 is 74.2 Å². The first-order chi connectivity index (χ1) is 29.7. The van der Waals surface area contributed by atoms with Crippen LogP contribution >= 0.6 is 0 Å². The summed E-state index contributed by atoms with van der Waals surface area (Å²) in [5.41, 5.74) is 0. The van der Waals surface area contributed by atoms with E-state index in [4.69, 9.17) is 9.47 Å². The molecule has 1 aliphatic heterocycles. The highest BCUT2D eigenvalue weighted by atomic mass is 16.7. The Balaban J connectivity index is 2.35. The fourth-order valence-electron chi connectivity index (χ4n) is 8.32. The summed E-state index contributed by atoms with van der Waals surface area (Å²) >= 11 is 0. The lowest BCUT2D eigenvalue weighted by Gasteiger charge is -2.40. The van der Waals surface area contributed by atoms with Gasteiger partial charge in [0.1, 0.15) is 36.6 Å². The van der Waals surface area contributed by atoms with Gasteiger partial charge in [-0.05, 0) is 38.5 Å². The Bertz CT molecular complexity index is 1000. The summed E-state index contributed by atoms with van der Waals surface area (Å²) in [7, 11) is 0. The smallest absolute Gasteiger partial charge is 0.249 e. The van der Waals surface area contributed by atoms with Crippen LogP contribution in [0.15, 0.2) is 12.2 Å². The Morgan fingerprint density at radius 1 is 0.557 bits per heavy atom. The van der Waals surface area contributed by atoms with Gasteiger partial charge in [-0.15, -0.1) is 0 Å². The number of ether oxygens (including phenoxy) is 2. The summed E-state index contributed by atoms with van der Waals surface area (Å²) in [4.78, 5) is 13.1. The molecule has 0 bridgehead atoms. The van der Waals surface area contributed by atoms with Crippen LogP contribution in [0.25, 0.3) is 0 Å². The summed E-state index contributed by atoms with van der Waals surface area (Å²) in [6, 6.07) is -1.18. The molecule has 8 N–H and O–H groups in total. The zero-order chi connectivity index (χ0) is 44.8. The first-order valence-electron chi connectivity index (χ1n) is 25.6. The highest BCUT2D eigenvalue weighted by molar-refractivity contribution is 5.80. The Morgan fingerprint density at radius 2 is 0.967 bits per heavy atom. The van der Waals surface area contributed by atoms with Gasteiger partial charge in [0.25, 0.3) is 0 Å². The number of carbonyl (C=O) groups excluding carboxylic acids is 1. The zero-order valence-corrected chi connectivity index (χ0v) is 39.2. The Labute approximate surface area is 372 Å². The minimum Gasteiger partial charge on any atom is -0.394 e. The minimum atomic E-state index is -1.66. The average Bonchev–Trinajstić information content (AvgIpc) is 3.26. The maximum Gasteiger partial charge on any atom is 0.249 e. The molecule has 0 aromatic carbocycles. The van der Waals surface area contributed by atoms with Gasteiger partial charge in [-0.3, -0.25) is 4.79 Å². The summed E-state index contributed by atoms with van der Waals surface area (Å²) < 4.78 is 11.1. The average molecular weight is 872 g/mol. The van der Waals surface area contributed by atoms with Crippen molar-refractivity contribution in [2.24, 2.45) is 0 Å². The molecule has 0 saturated carbocycles. The Morgan fingerprint density at radius 3 is 1.41 bits per heavy atom. The van der Waals surface area contributed by atoms with Crippen molar-refractivity contribution in [1.29, 1.82) is 0 Å². The lowest BCUT2D eigenvalue weighted by atomic mass is 9.98. The molecule has 0 radical (unpaired) electrons. The monoisotopic (exact) mass is 872 g/mol. The number of nitrogens with one attached hydrogen (secondary N) is 1. The summed E-state index contributed by atoms with van der Waals surface area (Å²) in [6.07, 6.45) is 32.7. The van der Waals surface area contributed by atoms with Gasteiger partial charge in [0.15, 0.2) is 6.29 Å². The van der Waals surface area contributed by atoms with Crippen molar-refractivity contribution < 1.29 is 50.0 Å². The third-order valence-corrected chi connectivity index (χ3v) is 12.6. The predicted molar refractivity (Wildman–Crippen MR) is 247 cm³/mol. The standard InChI is InChI=1S/C50H97NO10/c1-3-5-7-9-11-13-15-17-18-19-20-21-22-23-24-25-26-28-30-32-34-36-38-43(54)49(59)51-41(40-60-50-48(58)47(57)46(56)44(39-52)61-50)45(55)42(53)37-35-33-31-29-27-16-14-12-10-8-6-4-2/h29,31,41-48,50,52-58H,3-28,30,32-40H2,1-2H3,(H,51,59)/b31-29-/t41-,42+,43+,44+,45-,46+,47-,48+,50+/m0/s1. The molecule has 1 fully saturated rings. The van der Waals surface area contributed by atoms with Crippen molar-refractivity contribution >= 4 is 5.91 Å².